The minimum absolute atomic E-state index is 0.0929. The predicted molar refractivity (Wildman–Crippen MR) is 88.8 cm³/mol. The molecule has 1 aromatic rings. The number of benzene rings is 1. The highest BCUT2D eigenvalue weighted by Gasteiger charge is 2.37. The number of anilines is 1. The lowest BCUT2D eigenvalue weighted by molar-refractivity contribution is -0.0566. The van der Waals surface area contributed by atoms with Crippen LogP contribution in [0.1, 0.15) is 12.8 Å². The zero-order valence-electron chi connectivity index (χ0n) is 12.9. The molecule has 2 amide bonds. The molecule has 3 rings (SSSR count). The van der Waals surface area contributed by atoms with Crippen LogP contribution in [0, 0.1) is 0 Å². The number of hydrogen-bond donors (Lipinski definition) is 3. The van der Waals surface area contributed by atoms with Gasteiger partial charge in [-0.2, -0.15) is 0 Å². The number of carbonyl (C=O) groups is 1. The standard InChI is InChI=1S/C16H22ClN3O3/c17-11-2-1-3-12(6-11)18-16(22)19-13-7-14-10-23-15(4-5-21)9-20(14)8-13/h1-3,6,13-15,21H,4-5,7-10H2,(H2,18,19,22)/t13-,14+,15+/m1/s1. The number of aliphatic hydroxyl groups excluding tert-OH is 1. The van der Waals surface area contributed by atoms with Crippen molar-refractivity contribution in [1.82, 2.24) is 10.2 Å². The first kappa shape index (κ1) is 16.5. The van der Waals surface area contributed by atoms with E-state index in [1.165, 1.54) is 0 Å². The predicted octanol–water partition coefficient (Wildman–Crippen LogP) is 1.69. The molecule has 1 aromatic carbocycles. The van der Waals surface area contributed by atoms with Gasteiger partial charge in [0.15, 0.2) is 0 Å². The van der Waals surface area contributed by atoms with Crippen LogP contribution in [0.25, 0.3) is 0 Å². The Labute approximate surface area is 140 Å². The van der Waals surface area contributed by atoms with Crippen LogP contribution in [0.3, 0.4) is 0 Å². The van der Waals surface area contributed by atoms with E-state index in [4.69, 9.17) is 21.4 Å². The van der Waals surface area contributed by atoms with Crippen molar-refractivity contribution in [1.29, 1.82) is 0 Å². The number of nitrogens with one attached hydrogen (secondary N) is 2. The normalized spacial score (nSPS) is 27.5. The molecule has 23 heavy (non-hydrogen) atoms. The van der Waals surface area contributed by atoms with Gasteiger partial charge in [0.1, 0.15) is 0 Å². The highest BCUT2D eigenvalue weighted by molar-refractivity contribution is 6.30. The fourth-order valence-corrected chi connectivity index (χ4v) is 3.47. The minimum Gasteiger partial charge on any atom is -0.396 e. The maximum atomic E-state index is 12.1. The van der Waals surface area contributed by atoms with E-state index in [-0.39, 0.29) is 24.8 Å². The molecule has 0 bridgehead atoms. The molecule has 0 unspecified atom stereocenters. The molecule has 7 heteroatoms. The van der Waals surface area contributed by atoms with E-state index in [1.807, 2.05) is 0 Å². The first-order valence-electron chi connectivity index (χ1n) is 7.93. The number of urea groups is 1. The molecule has 0 aliphatic carbocycles. The van der Waals surface area contributed by atoms with E-state index in [1.54, 1.807) is 24.3 Å². The van der Waals surface area contributed by atoms with Gasteiger partial charge in [-0.25, -0.2) is 4.79 Å². The first-order valence-corrected chi connectivity index (χ1v) is 8.31. The SMILES string of the molecule is O=C(Nc1cccc(Cl)c1)N[C@@H]1C[C@H]2CO[C@@H](CCO)CN2C1. The smallest absolute Gasteiger partial charge is 0.319 e. The summed E-state index contributed by atoms with van der Waals surface area (Å²) < 4.78 is 5.75. The van der Waals surface area contributed by atoms with Gasteiger partial charge in [0.05, 0.1) is 12.7 Å². The molecule has 0 spiro atoms. The number of halogens is 1. The van der Waals surface area contributed by atoms with Crippen LogP contribution in [0.15, 0.2) is 24.3 Å². The third kappa shape index (κ3) is 4.35. The second-order valence-corrected chi connectivity index (χ2v) is 6.55. The number of fused-ring (bicyclic) bond motifs is 1. The lowest BCUT2D eigenvalue weighted by Crippen LogP contribution is -2.46. The zero-order chi connectivity index (χ0) is 16.2. The van der Waals surface area contributed by atoms with Crippen molar-refractivity contribution < 1.29 is 14.6 Å². The topological polar surface area (TPSA) is 73.8 Å². The van der Waals surface area contributed by atoms with Crippen LogP contribution < -0.4 is 10.6 Å². The number of rotatable bonds is 4. The Morgan fingerprint density at radius 3 is 3.09 bits per heavy atom. The average molecular weight is 340 g/mol. The molecule has 0 saturated carbocycles. The molecule has 126 valence electrons. The Balaban J connectivity index is 1.49. The van der Waals surface area contributed by atoms with Crippen LogP contribution in [0.5, 0.6) is 0 Å². The molecule has 3 atom stereocenters. The van der Waals surface area contributed by atoms with E-state index < -0.39 is 0 Å². The fourth-order valence-electron chi connectivity index (χ4n) is 3.28. The molecule has 2 heterocycles. The van der Waals surface area contributed by atoms with Crippen LogP contribution in [0.4, 0.5) is 10.5 Å². The molecular formula is C16H22ClN3O3. The van der Waals surface area contributed by atoms with Gasteiger partial charge in [-0.05, 0) is 31.0 Å². The van der Waals surface area contributed by atoms with Gasteiger partial charge in [0.2, 0.25) is 0 Å². The molecule has 2 aliphatic rings. The van der Waals surface area contributed by atoms with Gasteiger partial charge in [0.25, 0.3) is 0 Å². The van der Waals surface area contributed by atoms with E-state index >= 15 is 0 Å². The van der Waals surface area contributed by atoms with Gasteiger partial charge < -0.3 is 20.5 Å². The van der Waals surface area contributed by atoms with Crippen molar-refractivity contribution in [3.05, 3.63) is 29.3 Å². The van der Waals surface area contributed by atoms with Gasteiger partial charge >= 0.3 is 6.03 Å². The molecule has 0 radical (unpaired) electrons. The Bertz CT molecular complexity index is 557. The first-order chi connectivity index (χ1) is 11.1. The largest absolute Gasteiger partial charge is 0.396 e. The van der Waals surface area contributed by atoms with Crippen molar-refractivity contribution in [2.75, 3.05) is 31.6 Å². The second kappa shape index (κ2) is 7.49. The molecule has 2 saturated heterocycles. The van der Waals surface area contributed by atoms with Gasteiger partial charge in [-0.15, -0.1) is 0 Å². The highest BCUT2D eigenvalue weighted by Crippen LogP contribution is 2.24. The van der Waals surface area contributed by atoms with Gasteiger partial charge in [-0.3, -0.25) is 4.90 Å². The van der Waals surface area contributed by atoms with Crippen molar-refractivity contribution in [2.45, 2.75) is 31.0 Å². The van der Waals surface area contributed by atoms with Crippen molar-refractivity contribution in [3.8, 4) is 0 Å². The molecule has 3 N–H and O–H groups in total. The van der Waals surface area contributed by atoms with E-state index in [9.17, 15) is 4.79 Å². The van der Waals surface area contributed by atoms with Crippen molar-refractivity contribution in [2.24, 2.45) is 0 Å². The maximum Gasteiger partial charge on any atom is 0.319 e. The summed E-state index contributed by atoms with van der Waals surface area (Å²) in [5.74, 6) is 0. The van der Waals surface area contributed by atoms with E-state index in [2.05, 4.69) is 15.5 Å². The highest BCUT2D eigenvalue weighted by atomic mass is 35.5. The van der Waals surface area contributed by atoms with Gasteiger partial charge in [0, 0.05) is 42.5 Å². The summed E-state index contributed by atoms with van der Waals surface area (Å²) >= 11 is 5.91. The fraction of sp³-hybridized carbons (Fsp3) is 0.562. The monoisotopic (exact) mass is 339 g/mol. The maximum absolute atomic E-state index is 12.1. The molecule has 0 aromatic heterocycles. The summed E-state index contributed by atoms with van der Waals surface area (Å²) in [6.45, 7) is 2.45. The lowest BCUT2D eigenvalue weighted by Gasteiger charge is -2.34. The third-order valence-corrected chi connectivity index (χ3v) is 4.59. The van der Waals surface area contributed by atoms with Crippen molar-refractivity contribution in [3.63, 3.8) is 0 Å². The number of morpholine rings is 1. The summed E-state index contributed by atoms with van der Waals surface area (Å²) in [4.78, 5) is 14.4. The Morgan fingerprint density at radius 2 is 2.30 bits per heavy atom. The number of hydrogen-bond acceptors (Lipinski definition) is 4. The second-order valence-electron chi connectivity index (χ2n) is 6.12. The minimum atomic E-state index is -0.218. The Hall–Kier alpha value is -1.34. The number of aliphatic hydroxyl groups is 1. The summed E-state index contributed by atoms with van der Waals surface area (Å²) in [6, 6.07) is 7.32. The zero-order valence-corrected chi connectivity index (χ0v) is 13.6. The number of carbonyl (C=O) groups excluding carboxylic acids is 1. The van der Waals surface area contributed by atoms with E-state index in [0.29, 0.717) is 29.8 Å². The third-order valence-electron chi connectivity index (χ3n) is 4.36. The summed E-state index contributed by atoms with van der Waals surface area (Å²) in [6.07, 6.45) is 1.64. The number of amides is 2. The quantitative estimate of drug-likeness (QED) is 0.780. The van der Waals surface area contributed by atoms with Crippen LogP contribution in [-0.2, 0) is 4.74 Å². The van der Waals surface area contributed by atoms with E-state index in [0.717, 1.165) is 19.5 Å². The van der Waals surface area contributed by atoms with Crippen LogP contribution >= 0.6 is 11.6 Å². The van der Waals surface area contributed by atoms with Gasteiger partial charge in [-0.1, -0.05) is 17.7 Å². The van der Waals surface area contributed by atoms with Crippen LogP contribution in [-0.4, -0.2) is 60.5 Å². The number of nitrogens with zero attached hydrogens (tertiary/aromatic N) is 1. The Morgan fingerprint density at radius 1 is 1.43 bits per heavy atom. The Kier molecular flexibility index (Phi) is 5.38. The average Bonchev–Trinajstić information content (AvgIpc) is 2.88. The molecular weight excluding hydrogens is 318 g/mol. The lowest BCUT2D eigenvalue weighted by atomic mass is 10.1. The molecule has 2 fully saturated rings. The number of ether oxygens (including phenoxy) is 1. The summed E-state index contributed by atoms with van der Waals surface area (Å²) in [5, 5.41) is 15.4. The summed E-state index contributed by atoms with van der Waals surface area (Å²) in [5.41, 5.74) is 0.678. The molecule has 6 nitrogen and oxygen atoms in total. The van der Waals surface area contributed by atoms with Crippen molar-refractivity contribution >= 4 is 23.3 Å². The van der Waals surface area contributed by atoms with Crippen LogP contribution in [0.2, 0.25) is 5.02 Å². The summed E-state index contributed by atoms with van der Waals surface area (Å²) in [7, 11) is 0. The molecule has 2 aliphatic heterocycles.